The van der Waals surface area contributed by atoms with Crippen LogP contribution in [0.3, 0.4) is 0 Å². The highest BCUT2D eigenvalue weighted by atomic mass is 16.1. The summed E-state index contributed by atoms with van der Waals surface area (Å²) in [5, 5.41) is 0. The second-order valence-corrected chi connectivity index (χ2v) is 3.80. The number of Topliss-reactive ketones (excluding diaryl/α,β-unsaturated/α-hetero) is 1. The van der Waals surface area contributed by atoms with Crippen molar-refractivity contribution in [2.75, 3.05) is 0 Å². The summed E-state index contributed by atoms with van der Waals surface area (Å²) < 4.78 is 5.75. The number of carbonyl (C=O) groups is 1. The molecule has 0 saturated carbocycles. The third-order valence-electron chi connectivity index (χ3n) is 2.89. The Morgan fingerprint density at radius 1 is 0.889 bits per heavy atom. The SMILES string of the molecule is CC.O=C1Cc2ccccc2-c2ccccc21.[2H]C. The molecule has 0 aromatic heterocycles. The normalized spacial score (nSPS) is 11.7. The van der Waals surface area contributed by atoms with Crippen molar-refractivity contribution in [1.29, 1.82) is 0 Å². The van der Waals surface area contributed by atoms with E-state index in [-0.39, 0.29) is 5.78 Å². The minimum Gasteiger partial charge on any atom is -0.294 e. The number of carbonyl (C=O) groups excluding carboxylic acids is 1. The van der Waals surface area contributed by atoms with Crippen LogP contribution < -0.4 is 0 Å². The number of rotatable bonds is 0. The first kappa shape index (κ1) is 12.6. The van der Waals surface area contributed by atoms with Crippen molar-refractivity contribution in [3.8, 4) is 11.1 Å². The molecule has 0 atom stereocenters. The summed E-state index contributed by atoms with van der Waals surface area (Å²) in [7, 11) is 1.25. The van der Waals surface area contributed by atoms with Crippen LogP contribution in [-0.4, -0.2) is 5.78 Å². The van der Waals surface area contributed by atoms with Gasteiger partial charge in [0.25, 0.3) is 0 Å². The fourth-order valence-corrected chi connectivity index (χ4v) is 2.17. The number of fused-ring (bicyclic) bond motifs is 3. The molecule has 0 saturated heterocycles. The van der Waals surface area contributed by atoms with E-state index in [0.717, 1.165) is 16.7 Å². The highest BCUT2D eigenvalue weighted by Gasteiger charge is 2.20. The zero-order valence-corrected chi connectivity index (χ0v) is 11.2. The van der Waals surface area contributed by atoms with Crippen LogP contribution in [0.5, 0.6) is 0 Å². The van der Waals surface area contributed by atoms with E-state index in [1.54, 1.807) is 0 Å². The molecule has 94 valence electrons. The van der Waals surface area contributed by atoms with Gasteiger partial charge in [0, 0.05) is 13.4 Å². The van der Waals surface area contributed by atoms with Crippen molar-refractivity contribution < 1.29 is 6.17 Å². The molecule has 0 radical (unpaired) electrons. The maximum absolute atomic E-state index is 11.8. The molecule has 18 heavy (non-hydrogen) atoms. The van der Waals surface area contributed by atoms with Gasteiger partial charge in [-0.2, -0.15) is 0 Å². The lowest BCUT2D eigenvalue weighted by Crippen LogP contribution is -2.11. The van der Waals surface area contributed by atoms with Crippen molar-refractivity contribution in [3.63, 3.8) is 0 Å². The fraction of sp³-hybridized carbons (Fsp3) is 0.235. The van der Waals surface area contributed by atoms with Crippen LogP contribution in [0.4, 0.5) is 0 Å². The lowest BCUT2D eigenvalue weighted by atomic mass is 9.85. The number of benzene rings is 2. The van der Waals surface area contributed by atoms with E-state index in [9.17, 15) is 4.79 Å². The Labute approximate surface area is 111 Å². The van der Waals surface area contributed by atoms with Gasteiger partial charge in [0.05, 0.1) is 0 Å². The largest absolute Gasteiger partial charge is 0.294 e. The van der Waals surface area contributed by atoms with Gasteiger partial charge in [0.1, 0.15) is 0 Å². The molecule has 2 aromatic carbocycles. The topological polar surface area (TPSA) is 17.1 Å². The summed E-state index contributed by atoms with van der Waals surface area (Å²) >= 11 is 0. The number of hydrogen-bond acceptors (Lipinski definition) is 1. The third kappa shape index (κ3) is 2.35. The van der Waals surface area contributed by atoms with Gasteiger partial charge in [0.15, 0.2) is 5.78 Å². The molecule has 0 amide bonds. The molecule has 1 aliphatic rings. The quantitative estimate of drug-likeness (QED) is 0.650. The van der Waals surface area contributed by atoms with E-state index in [1.165, 1.54) is 13.0 Å². The maximum atomic E-state index is 11.8. The fourth-order valence-electron chi connectivity index (χ4n) is 2.17. The molecule has 1 heteroatoms. The van der Waals surface area contributed by atoms with Crippen molar-refractivity contribution in [2.24, 2.45) is 0 Å². The van der Waals surface area contributed by atoms with Gasteiger partial charge in [-0.25, -0.2) is 0 Å². The lowest BCUT2D eigenvalue weighted by Gasteiger charge is -2.18. The van der Waals surface area contributed by atoms with Crippen LogP contribution in [0.15, 0.2) is 48.5 Å². The van der Waals surface area contributed by atoms with Crippen LogP contribution in [0.1, 0.15) is 38.5 Å². The Hall–Kier alpha value is -1.89. The van der Waals surface area contributed by atoms with Gasteiger partial charge in [-0.3, -0.25) is 4.79 Å². The van der Waals surface area contributed by atoms with Crippen LogP contribution in [0, 0.1) is 0 Å². The predicted octanol–water partition coefficient (Wildman–Crippen LogP) is 4.75. The van der Waals surface area contributed by atoms with Crippen LogP contribution in [0.2, 0.25) is 0 Å². The van der Waals surface area contributed by atoms with Crippen molar-refractivity contribution in [3.05, 3.63) is 59.7 Å². The average molecular weight is 241 g/mol. The molecule has 0 spiro atoms. The standard InChI is InChI=1S/C14H10O.C2H6.CH4/c15-14-9-10-5-1-2-6-11(10)12-7-3-4-8-13(12)14;1-2;/h1-8H,9H2;1-2H3;1H4/i;;1D. The first-order chi connectivity index (χ1) is 9.36. The van der Waals surface area contributed by atoms with E-state index in [4.69, 9.17) is 1.37 Å². The second-order valence-electron chi connectivity index (χ2n) is 3.80. The monoisotopic (exact) mass is 241 g/mol. The van der Waals surface area contributed by atoms with Crippen molar-refractivity contribution in [2.45, 2.75) is 27.7 Å². The zero-order valence-electron chi connectivity index (χ0n) is 12.2. The highest BCUT2D eigenvalue weighted by Crippen LogP contribution is 2.32. The molecule has 0 unspecified atom stereocenters. The first-order valence-corrected chi connectivity index (χ1v) is 6.07. The number of ketones is 1. The molecular weight excluding hydrogens is 220 g/mol. The van der Waals surface area contributed by atoms with Gasteiger partial charge >= 0.3 is 0 Å². The summed E-state index contributed by atoms with van der Waals surface area (Å²) in [5.74, 6) is 0.226. The van der Waals surface area contributed by atoms with E-state index >= 15 is 0 Å². The van der Waals surface area contributed by atoms with Crippen molar-refractivity contribution >= 4 is 5.78 Å². The van der Waals surface area contributed by atoms with Gasteiger partial charge < -0.3 is 0 Å². The Bertz CT molecular complexity index is 546. The minimum absolute atomic E-state index is 0.226. The van der Waals surface area contributed by atoms with Gasteiger partial charge in [-0.05, 0) is 16.7 Å². The molecule has 1 aliphatic carbocycles. The minimum atomic E-state index is 0.226. The maximum Gasteiger partial charge on any atom is 0.167 e. The molecule has 0 aliphatic heterocycles. The molecule has 0 heterocycles. The van der Waals surface area contributed by atoms with E-state index in [2.05, 4.69) is 6.07 Å². The van der Waals surface area contributed by atoms with E-state index < -0.39 is 0 Å². The zero-order chi connectivity index (χ0) is 14.3. The summed E-state index contributed by atoms with van der Waals surface area (Å²) in [6.45, 7) is 4.00. The first-order valence-electron chi connectivity index (χ1n) is 7.07. The molecule has 2 aromatic rings. The predicted molar refractivity (Wildman–Crippen MR) is 78.0 cm³/mol. The molecule has 0 N–H and O–H groups in total. The third-order valence-corrected chi connectivity index (χ3v) is 2.89. The highest BCUT2D eigenvalue weighted by molar-refractivity contribution is 6.07. The van der Waals surface area contributed by atoms with Crippen LogP contribution in [0.25, 0.3) is 11.1 Å². The second kappa shape index (κ2) is 6.15. The smallest absolute Gasteiger partial charge is 0.167 e. The summed E-state index contributed by atoms with van der Waals surface area (Å²) in [6, 6.07) is 16.0. The summed E-state index contributed by atoms with van der Waals surface area (Å²) in [5.41, 5.74) is 4.27. The molecule has 0 fully saturated rings. The summed E-state index contributed by atoms with van der Waals surface area (Å²) in [6.07, 6.45) is 0.535. The van der Waals surface area contributed by atoms with Gasteiger partial charge in [0.2, 0.25) is 0 Å². The Balaban J connectivity index is 0.000000415. The Morgan fingerprint density at radius 2 is 1.39 bits per heavy atom. The Morgan fingerprint density at radius 3 is 2.06 bits per heavy atom. The molecule has 3 rings (SSSR count). The molecule has 0 bridgehead atoms. The van der Waals surface area contributed by atoms with Gasteiger partial charge in [-0.1, -0.05) is 69.8 Å². The van der Waals surface area contributed by atoms with E-state index in [0.29, 0.717) is 6.42 Å². The van der Waals surface area contributed by atoms with Crippen LogP contribution >= 0.6 is 0 Å². The lowest BCUT2D eigenvalue weighted by molar-refractivity contribution is 0.0992. The molecular formula is C17H20O. The summed E-state index contributed by atoms with van der Waals surface area (Å²) in [4.78, 5) is 11.8. The van der Waals surface area contributed by atoms with E-state index in [1.807, 2.05) is 56.3 Å². The van der Waals surface area contributed by atoms with Crippen LogP contribution in [-0.2, 0) is 6.42 Å². The molecule has 1 nitrogen and oxygen atoms in total. The number of hydrogen-bond donors (Lipinski definition) is 0. The van der Waals surface area contributed by atoms with Crippen molar-refractivity contribution in [1.82, 2.24) is 0 Å². The Kier molecular flexibility index (Phi) is 4.30. The van der Waals surface area contributed by atoms with Gasteiger partial charge in [-0.15, -0.1) is 0 Å². The average Bonchev–Trinajstić information content (AvgIpc) is 2.52.